The summed E-state index contributed by atoms with van der Waals surface area (Å²) >= 11 is 0. The smallest absolute Gasteiger partial charge is 0.136 e. The van der Waals surface area contributed by atoms with E-state index in [9.17, 15) is 4.79 Å². The van der Waals surface area contributed by atoms with Crippen molar-refractivity contribution < 1.29 is 4.79 Å². The standard InChI is InChI=1S/C5H11NO/c1-2-3-5(6)4-7/h4-5H,2-3,6H2,1H3/t5-/m0/s1. The number of nitrogens with two attached hydrogens (primary N) is 1. The van der Waals surface area contributed by atoms with E-state index in [1.54, 1.807) is 0 Å². The molecule has 2 heteroatoms. The molecule has 0 radical (unpaired) electrons. The van der Waals surface area contributed by atoms with Crippen molar-refractivity contribution in [2.24, 2.45) is 5.73 Å². The first-order valence-corrected chi connectivity index (χ1v) is 2.52. The molecule has 0 rings (SSSR count). The number of hydrogen-bond donors (Lipinski definition) is 1. The summed E-state index contributed by atoms with van der Waals surface area (Å²) in [4.78, 5) is 9.77. The zero-order valence-corrected chi connectivity index (χ0v) is 4.55. The molecule has 0 aromatic heterocycles. The lowest BCUT2D eigenvalue weighted by Gasteiger charge is -1.95. The van der Waals surface area contributed by atoms with E-state index in [0.717, 1.165) is 19.1 Å². The van der Waals surface area contributed by atoms with Crippen molar-refractivity contribution in [2.75, 3.05) is 0 Å². The second-order valence-corrected chi connectivity index (χ2v) is 1.59. The lowest BCUT2D eigenvalue weighted by molar-refractivity contribution is -0.109. The van der Waals surface area contributed by atoms with Crippen molar-refractivity contribution in [3.63, 3.8) is 0 Å². The minimum absolute atomic E-state index is 0.231. The van der Waals surface area contributed by atoms with E-state index in [-0.39, 0.29) is 6.04 Å². The molecule has 2 nitrogen and oxygen atoms in total. The van der Waals surface area contributed by atoms with Crippen molar-refractivity contribution in [1.82, 2.24) is 0 Å². The fraction of sp³-hybridized carbons (Fsp3) is 0.800. The van der Waals surface area contributed by atoms with Gasteiger partial charge in [-0.25, -0.2) is 0 Å². The number of carbonyl (C=O) groups excluding carboxylic acids is 1. The van der Waals surface area contributed by atoms with E-state index in [1.165, 1.54) is 0 Å². The van der Waals surface area contributed by atoms with Crippen molar-refractivity contribution in [3.8, 4) is 0 Å². The van der Waals surface area contributed by atoms with Gasteiger partial charge in [-0.05, 0) is 6.42 Å². The SMILES string of the molecule is CCC[C@H](N)C=O. The molecule has 7 heavy (non-hydrogen) atoms. The van der Waals surface area contributed by atoms with Crippen LogP contribution >= 0.6 is 0 Å². The Bertz CT molecular complexity index is 54.0. The molecule has 2 N–H and O–H groups in total. The minimum Gasteiger partial charge on any atom is -0.322 e. The minimum atomic E-state index is -0.231. The van der Waals surface area contributed by atoms with Crippen LogP contribution in [0, 0.1) is 0 Å². The molecule has 0 amide bonds. The maximum atomic E-state index is 9.77. The molecular weight excluding hydrogens is 90.1 g/mol. The molecule has 42 valence electrons. The van der Waals surface area contributed by atoms with Crippen molar-refractivity contribution in [3.05, 3.63) is 0 Å². The van der Waals surface area contributed by atoms with Crippen LogP contribution in [0.15, 0.2) is 0 Å². The van der Waals surface area contributed by atoms with Gasteiger partial charge < -0.3 is 10.5 Å². The van der Waals surface area contributed by atoms with Gasteiger partial charge in [-0.3, -0.25) is 0 Å². The Kier molecular flexibility index (Phi) is 3.61. The summed E-state index contributed by atoms with van der Waals surface area (Å²) in [5, 5.41) is 0. The zero-order valence-electron chi connectivity index (χ0n) is 4.55. The van der Waals surface area contributed by atoms with Crippen molar-refractivity contribution >= 4 is 6.29 Å². The molecule has 0 aliphatic carbocycles. The number of aldehydes is 1. The van der Waals surface area contributed by atoms with Crippen LogP contribution in [0.4, 0.5) is 0 Å². The Morgan fingerprint density at radius 1 is 1.86 bits per heavy atom. The summed E-state index contributed by atoms with van der Waals surface area (Å²) in [7, 11) is 0. The van der Waals surface area contributed by atoms with Gasteiger partial charge in [-0.1, -0.05) is 13.3 Å². The molecular formula is C5H11NO. The number of rotatable bonds is 3. The Balaban J connectivity index is 2.98. The molecule has 0 aromatic rings. The largest absolute Gasteiger partial charge is 0.322 e. The van der Waals surface area contributed by atoms with Crippen LogP contribution < -0.4 is 5.73 Å². The maximum Gasteiger partial charge on any atom is 0.136 e. The fourth-order valence-corrected chi connectivity index (χ4v) is 0.401. The first-order chi connectivity index (χ1) is 3.31. The molecule has 0 heterocycles. The molecule has 0 aliphatic heterocycles. The molecule has 0 bridgehead atoms. The van der Waals surface area contributed by atoms with Crippen LogP contribution in [-0.4, -0.2) is 12.3 Å². The van der Waals surface area contributed by atoms with Crippen molar-refractivity contribution in [1.29, 1.82) is 0 Å². The predicted molar refractivity (Wildman–Crippen MR) is 28.9 cm³/mol. The third-order valence-electron chi connectivity index (χ3n) is 0.797. The highest BCUT2D eigenvalue weighted by Crippen LogP contribution is 1.87. The molecule has 0 aromatic carbocycles. The van der Waals surface area contributed by atoms with E-state index in [1.807, 2.05) is 6.92 Å². The Morgan fingerprint density at radius 2 is 2.43 bits per heavy atom. The first-order valence-electron chi connectivity index (χ1n) is 2.52. The van der Waals surface area contributed by atoms with Gasteiger partial charge in [0.15, 0.2) is 0 Å². The molecule has 1 atom stereocenters. The van der Waals surface area contributed by atoms with Gasteiger partial charge in [0.25, 0.3) is 0 Å². The molecule has 0 fully saturated rings. The summed E-state index contributed by atoms with van der Waals surface area (Å²) in [6.07, 6.45) is 2.58. The van der Waals surface area contributed by atoms with Crippen LogP contribution in [0.3, 0.4) is 0 Å². The summed E-state index contributed by atoms with van der Waals surface area (Å²) in [6.45, 7) is 2.00. The van der Waals surface area contributed by atoms with Gasteiger partial charge in [-0.2, -0.15) is 0 Å². The van der Waals surface area contributed by atoms with Crippen LogP contribution in [0.2, 0.25) is 0 Å². The third kappa shape index (κ3) is 3.46. The van der Waals surface area contributed by atoms with Gasteiger partial charge in [0.2, 0.25) is 0 Å². The van der Waals surface area contributed by atoms with Gasteiger partial charge >= 0.3 is 0 Å². The molecule has 0 saturated carbocycles. The average Bonchev–Trinajstić information content (AvgIpc) is 1.68. The van der Waals surface area contributed by atoms with E-state index >= 15 is 0 Å². The van der Waals surface area contributed by atoms with E-state index in [4.69, 9.17) is 5.73 Å². The monoisotopic (exact) mass is 101 g/mol. The average molecular weight is 101 g/mol. The maximum absolute atomic E-state index is 9.77. The second kappa shape index (κ2) is 3.81. The molecule has 0 unspecified atom stereocenters. The van der Waals surface area contributed by atoms with E-state index < -0.39 is 0 Å². The third-order valence-corrected chi connectivity index (χ3v) is 0.797. The highest BCUT2D eigenvalue weighted by molar-refractivity contribution is 5.56. The topological polar surface area (TPSA) is 43.1 Å². The summed E-state index contributed by atoms with van der Waals surface area (Å²) in [5.74, 6) is 0. The molecule has 0 aliphatic rings. The fourth-order valence-electron chi connectivity index (χ4n) is 0.401. The second-order valence-electron chi connectivity index (χ2n) is 1.59. The van der Waals surface area contributed by atoms with E-state index in [2.05, 4.69) is 0 Å². The summed E-state index contributed by atoms with van der Waals surface area (Å²) in [6, 6.07) is -0.231. The summed E-state index contributed by atoms with van der Waals surface area (Å²) < 4.78 is 0. The van der Waals surface area contributed by atoms with Crippen LogP contribution in [0.1, 0.15) is 19.8 Å². The van der Waals surface area contributed by atoms with Gasteiger partial charge in [0, 0.05) is 0 Å². The van der Waals surface area contributed by atoms with Crippen LogP contribution in [0.25, 0.3) is 0 Å². The normalized spacial score (nSPS) is 13.4. The highest BCUT2D eigenvalue weighted by Gasteiger charge is 1.93. The van der Waals surface area contributed by atoms with Gasteiger partial charge in [0.1, 0.15) is 6.29 Å². The lowest BCUT2D eigenvalue weighted by atomic mass is 10.2. The van der Waals surface area contributed by atoms with Crippen LogP contribution in [-0.2, 0) is 4.79 Å². The number of hydrogen-bond acceptors (Lipinski definition) is 2. The van der Waals surface area contributed by atoms with Crippen molar-refractivity contribution in [2.45, 2.75) is 25.8 Å². The number of carbonyl (C=O) groups is 1. The first kappa shape index (κ1) is 6.63. The van der Waals surface area contributed by atoms with E-state index in [0.29, 0.717) is 0 Å². The zero-order chi connectivity index (χ0) is 5.70. The molecule has 0 spiro atoms. The predicted octanol–water partition coefficient (Wildman–Crippen LogP) is 0.313. The van der Waals surface area contributed by atoms with Crippen LogP contribution in [0.5, 0.6) is 0 Å². The molecule has 0 saturated heterocycles. The Hall–Kier alpha value is -0.370. The summed E-state index contributed by atoms with van der Waals surface area (Å²) in [5.41, 5.74) is 5.22. The van der Waals surface area contributed by atoms with Gasteiger partial charge in [0.05, 0.1) is 6.04 Å². The highest BCUT2D eigenvalue weighted by atomic mass is 16.1. The van der Waals surface area contributed by atoms with Gasteiger partial charge in [-0.15, -0.1) is 0 Å². The lowest BCUT2D eigenvalue weighted by Crippen LogP contribution is -2.20. The Labute approximate surface area is 43.7 Å². The Morgan fingerprint density at radius 3 is 2.57 bits per heavy atom. The quantitative estimate of drug-likeness (QED) is 0.520.